The third kappa shape index (κ3) is 2.33. The predicted molar refractivity (Wildman–Crippen MR) is 67.1 cm³/mol. The summed E-state index contributed by atoms with van der Waals surface area (Å²) in [5.74, 6) is 0.484. The average molecular weight is 246 g/mol. The average Bonchev–Trinajstić information content (AvgIpc) is 2.73. The van der Waals surface area contributed by atoms with Crippen molar-refractivity contribution in [2.75, 3.05) is 6.61 Å². The van der Waals surface area contributed by atoms with Crippen molar-refractivity contribution in [1.82, 2.24) is 0 Å². The van der Waals surface area contributed by atoms with Gasteiger partial charge in [-0.25, -0.2) is 0 Å². The Labute approximate surface area is 107 Å². The normalized spacial score (nSPS) is 31.3. The van der Waals surface area contributed by atoms with Gasteiger partial charge in [-0.05, 0) is 18.4 Å². The molecular weight excluding hydrogens is 228 g/mol. The van der Waals surface area contributed by atoms with E-state index in [2.05, 4.69) is 0 Å². The lowest BCUT2D eigenvalue weighted by Gasteiger charge is -2.28. The Morgan fingerprint density at radius 2 is 2.11 bits per heavy atom. The zero-order valence-corrected chi connectivity index (χ0v) is 10.4. The summed E-state index contributed by atoms with van der Waals surface area (Å²) >= 11 is 0. The van der Waals surface area contributed by atoms with Crippen molar-refractivity contribution in [2.24, 2.45) is 5.92 Å². The number of hydrogen-bond acceptors (Lipinski definition) is 3. The second-order valence-corrected chi connectivity index (χ2v) is 5.10. The minimum Gasteiger partial charge on any atom is -0.377 e. The number of ether oxygens (including phenoxy) is 2. The molecule has 1 aromatic carbocycles. The first kappa shape index (κ1) is 11.9. The van der Waals surface area contributed by atoms with E-state index in [-0.39, 0.29) is 23.9 Å². The molecule has 3 rings (SSSR count). The first-order chi connectivity index (χ1) is 8.84. The van der Waals surface area contributed by atoms with E-state index in [0.29, 0.717) is 13.0 Å². The molecule has 3 nitrogen and oxygen atoms in total. The van der Waals surface area contributed by atoms with Crippen LogP contribution in [0.4, 0.5) is 0 Å². The van der Waals surface area contributed by atoms with Crippen LogP contribution in [-0.2, 0) is 20.9 Å². The van der Waals surface area contributed by atoms with Crippen LogP contribution in [0.15, 0.2) is 30.3 Å². The third-order valence-corrected chi connectivity index (χ3v) is 3.87. The molecule has 1 aliphatic heterocycles. The van der Waals surface area contributed by atoms with E-state index in [1.54, 1.807) is 0 Å². The van der Waals surface area contributed by atoms with Crippen molar-refractivity contribution in [1.29, 1.82) is 0 Å². The highest BCUT2D eigenvalue weighted by Crippen LogP contribution is 2.35. The number of hydrogen-bond donors (Lipinski definition) is 0. The van der Waals surface area contributed by atoms with E-state index in [1.807, 2.05) is 30.3 Å². The van der Waals surface area contributed by atoms with Gasteiger partial charge in [-0.3, -0.25) is 4.79 Å². The van der Waals surface area contributed by atoms with E-state index in [4.69, 9.17) is 9.47 Å². The number of Topliss-reactive ketones (excluding diaryl/α,β-unsaturated/α-hetero) is 1. The van der Waals surface area contributed by atoms with Gasteiger partial charge >= 0.3 is 0 Å². The number of carbonyl (C=O) groups excluding carboxylic acids is 1. The highest BCUT2D eigenvalue weighted by Gasteiger charge is 2.44. The molecule has 2 aliphatic rings. The van der Waals surface area contributed by atoms with Gasteiger partial charge in [0.25, 0.3) is 0 Å². The summed E-state index contributed by atoms with van der Waals surface area (Å²) in [7, 11) is 0. The SMILES string of the molecule is O=C1C[C@@H]2OCCC[C@@H]2[C@@H]1OCc1ccccc1. The maximum Gasteiger partial charge on any atom is 0.164 e. The molecule has 3 atom stereocenters. The summed E-state index contributed by atoms with van der Waals surface area (Å²) in [5, 5.41) is 0. The Morgan fingerprint density at radius 1 is 1.28 bits per heavy atom. The van der Waals surface area contributed by atoms with Crippen LogP contribution in [0.3, 0.4) is 0 Å². The molecule has 1 aromatic rings. The van der Waals surface area contributed by atoms with Gasteiger partial charge in [-0.1, -0.05) is 30.3 Å². The first-order valence-electron chi connectivity index (χ1n) is 6.64. The Hall–Kier alpha value is -1.19. The molecule has 0 bridgehead atoms. The minimum absolute atomic E-state index is 0.104. The Bertz CT molecular complexity index is 415. The fourth-order valence-corrected chi connectivity index (χ4v) is 2.95. The van der Waals surface area contributed by atoms with Crippen LogP contribution in [0.1, 0.15) is 24.8 Å². The summed E-state index contributed by atoms with van der Waals surface area (Å²) in [5.41, 5.74) is 1.12. The second-order valence-electron chi connectivity index (χ2n) is 5.10. The maximum absolute atomic E-state index is 12.0. The number of ketones is 1. The van der Waals surface area contributed by atoms with Crippen molar-refractivity contribution in [3.8, 4) is 0 Å². The summed E-state index contributed by atoms with van der Waals surface area (Å²) < 4.78 is 11.5. The molecule has 0 amide bonds. The zero-order chi connectivity index (χ0) is 12.4. The van der Waals surface area contributed by atoms with Gasteiger partial charge in [-0.2, -0.15) is 0 Å². The van der Waals surface area contributed by atoms with Crippen molar-refractivity contribution in [3.05, 3.63) is 35.9 Å². The quantitative estimate of drug-likeness (QED) is 0.821. The molecule has 1 heterocycles. The van der Waals surface area contributed by atoms with Gasteiger partial charge < -0.3 is 9.47 Å². The number of fused-ring (bicyclic) bond motifs is 1. The molecule has 96 valence electrons. The fraction of sp³-hybridized carbons (Fsp3) is 0.533. The summed E-state index contributed by atoms with van der Waals surface area (Å²) in [6, 6.07) is 10.0. The van der Waals surface area contributed by atoms with E-state index >= 15 is 0 Å². The Kier molecular flexibility index (Phi) is 3.43. The van der Waals surface area contributed by atoms with Crippen molar-refractivity contribution >= 4 is 5.78 Å². The van der Waals surface area contributed by atoms with Crippen molar-refractivity contribution in [2.45, 2.75) is 38.1 Å². The van der Waals surface area contributed by atoms with Gasteiger partial charge in [0, 0.05) is 18.9 Å². The van der Waals surface area contributed by atoms with Crippen molar-refractivity contribution < 1.29 is 14.3 Å². The molecule has 1 aliphatic carbocycles. The lowest BCUT2D eigenvalue weighted by Crippen LogP contribution is -2.32. The van der Waals surface area contributed by atoms with Crippen LogP contribution >= 0.6 is 0 Å². The van der Waals surface area contributed by atoms with Crippen LogP contribution in [0, 0.1) is 5.92 Å². The molecule has 18 heavy (non-hydrogen) atoms. The standard InChI is InChI=1S/C15H18O3/c16-13-9-14-12(7-4-8-17-14)15(13)18-10-11-5-2-1-3-6-11/h1-3,5-6,12,14-15H,4,7-10H2/t12-,14-,15-/m0/s1. The topological polar surface area (TPSA) is 35.5 Å². The van der Waals surface area contributed by atoms with Crippen LogP contribution in [0.5, 0.6) is 0 Å². The molecule has 2 fully saturated rings. The molecule has 0 radical (unpaired) electrons. The lowest BCUT2D eigenvalue weighted by molar-refractivity contribution is -0.130. The zero-order valence-electron chi connectivity index (χ0n) is 10.4. The first-order valence-corrected chi connectivity index (χ1v) is 6.64. The Balaban J connectivity index is 1.63. The highest BCUT2D eigenvalue weighted by atomic mass is 16.5. The second kappa shape index (κ2) is 5.21. The lowest BCUT2D eigenvalue weighted by atomic mass is 9.95. The van der Waals surface area contributed by atoms with Crippen LogP contribution < -0.4 is 0 Å². The monoisotopic (exact) mass is 246 g/mol. The number of carbonyl (C=O) groups is 1. The molecule has 0 aromatic heterocycles. The summed E-state index contributed by atoms with van der Waals surface area (Å²) in [4.78, 5) is 12.0. The van der Waals surface area contributed by atoms with Crippen LogP contribution in [0.2, 0.25) is 0 Å². The van der Waals surface area contributed by atoms with Gasteiger partial charge in [0.05, 0.1) is 12.7 Å². The van der Waals surface area contributed by atoms with E-state index in [9.17, 15) is 4.79 Å². The van der Waals surface area contributed by atoms with E-state index < -0.39 is 0 Å². The maximum atomic E-state index is 12.0. The van der Waals surface area contributed by atoms with Crippen LogP contribution in [0.25, 0.3) is 0 Å². The molecule has 0 unspecified atom stereocenters. The fourth-order valence-electron chi connectivity index (χ4n) is 2.95. The minimum atomic E-state index is -0.254. The predicted octanol–water partition coefficient (Wildman–Crippen LogP) is 2.34. The molecule has 1 saturated heterocycles. The highest BCUT2D eigenvalue weighted by molar-refractivity contribution is 5.86. The van der Waals surface area contributed by atoms with Gasteiger partial charge in [0.15, 0.2) is 5.78 Å². The largest absolute Gasteiger partial charge is 0.377 e. The molecular formula is C15H18O3. The molecule has 3 heteroatoms. The number of rotatable bonds is 3. The number of benzene rings is 1. The van der Waals surface area contributed by atoms with Gasteiger partial charge in [0.2, 0.25) is 0 Å². The molecule has 0 spiro atoms. The van der Waals surface area contributed by atoms with E-state index in [0.717, 1.165) is 25.0 Å². The van der Waals surface area contributed by atoms with Crippen LogP contribution in [-0.4, -0.2) is 24.6 Å². The third-order valence-electron chi connectivity index (χ3n) is 3.87. The smallest absolute Gasteiger partial charge is 0.164 e. The summed E-state index contributed by atoms with van der Waals surface area (Å²) in [6.07, 6.45) is 2.47. The molecule has 1 saturated carbocycles. The molecule has 0 N–H and O–H groups in total. The van der Waals surface area contributed by atoms with Gasteiger partial charge in [0.1, 0.15) is 6.10 Å². The summed E-state index contributed by atoms with van der Waals surface area (Å²) in [6.45, 7) is 1.31. The van der Waals surface area contributed by atoms with Crippen molar-refractivity contribution in [3.63, 3.8) is 0 Å². The van der Waals surface area contributed by atoms with E-state index in [1.165, 1.54) is 0 Å². The van der Waals surface area contributed by atoms with Gasteiger partial charge in [-0.15, -0.1) is 0 Å². The Morgan fingerprint density at radius 3 is 2.94 bits per heavy atom.